The van der Waals surface area contributed by atoms with Crippen LogP contribution >= 0.6 is 0 Å². The molecule has 1 amide bonds. The number of carbonyl (C=O) groups excluding carboxylic acids is 1. The molecule has 1 unspecified atom stereocenters. The van der Waals surface area contributed by atoms with Gasteiger partial charge in [-0.15, -0.1) is 0 Å². The van der Waals surface area contributed by atoms with Crippen LogP contribution in [0.2, 0.25) is 0 Å². The predicted molar refractivity (Wildman–Crippen MR) is 96.9 cm³/mol. The second kappa shape index (κ2) is 8.80. The number of hydrogen-bond acceptors (Lipinski definition) is 3. The number of piperidine rings is 1. The molecule has 0 spiro atoms. The van der Waals surface area contributed by atoms with Gasteiger partial charge in [0.15, 0.2) is 11.6 Å². The van der Waals surface area contributed by atoms with Gasteiger partial charge in [-0.3, -0.25) is 4.79 Å². The molecule has 1 aromatic rings. The molecule has 2 fully saturated rings. The fourth-order valence-electron chi connectivity index (χ4n) is 4.30. The van der Waals surface area contributed by atoms with Crippen LogP contribution in [0.1, 0.15) is 44.9 Å². The molecule has 1 heterocycles. The summed E-state index contributed by atoms with van der Waals surface area (Å²) in [6, 6.07) is 4.54. The average molecular weight is 366 g/mol. The quantitative estimate of drug-likeness (QED) is 0.786. The highest BCUT2D eigenvalue weighted by molar-refractivity contribution is 5.49. The lowest BCUT2D eigenvalue weighted by atomic mass is 9.90. The van der Waals surface area contributed by atoms with E-state index < -0.39 is 11.6 Å². The van der Waals surface area contributed by atoms with Gasteiger partial charge in [-0.05, 0) is 63.0 Å². The van der Waals surface area contributed by atoms with Crippen LogP contribution in [0.4, 0.5) is 14.5 Å². The molecule has 1 aliphatic carbocycles. The predicted octanol–water partition coefficient (Wildman–Crippen LogP) is 3.33. The summed E-state index contributed by atoms with van der Waals surface area (Å²) >= 11 is 0. The molecule has 6 heteroatoms. The molecule has 3 rings (SSSR count). The van der Waals surface area contributed by atoms with Gasteiger partial charge < -0.3 is 14.9 Å². The molecule has 1 atom stereocenters. The molecule has 2 aliphatic rings. The molecule has 1 aromatic carbocycles. The van der Waals surface area contributed by atoms with Crippen molar-refractivity contribution in [3.05, 3.63) is 29.8 Å². The molecule has 1 N–H and O–H groups in total. The molecule has 1 aliphatic heterocycles. The summed E-state index contributed by atoms with van der Waals surface area (Å²) in [6.07, 6.45) is 6.76. The number of anilines is 1. The van der Waals surface area contributed by atoms with Gasteiger partial charge in [-0.2, -0.15) is 0 Å². The third-order valence-electron chi connectivity index (χ3n) is 5.86. The van der Waals surface area contributed by atoms with Crippen molar-refractivity contribution < 1.29 is 18.7 Å². The standard InChI is InChI=1S/C20H28F2N2O2/c21-18-4-1-5-19(20(18)22)23-11-2-3-15(13-23)10-12-24(14-25)16-6-8-17(26)9-7-16/h1,4-5,14-17,26H,2-3,6-13H2. The highest BCUT2D eigenvalue weighted by Gasteiger charge is 2.27. The summed E-state index contributed by atoms with van der Waals surface area (Å²) in [5.41, 5.74) is 0.336. The minimum atomic E-state index is -0.809. The normalized spacial score (nSPS) is 26.6. The zero-order chi connectivity index (χ0) is 18.5. The fraction of sp³-hybridized carbons (Fsp3) is 0.650. The van der Waals surface area contributed by atoms with E-state index in [4.69, 9.17) is 0 Å². The Morgan fingerprint density at radius 1 is 1.19 bits per heavy atom. The van der Waals surface area contributed by atoms with E-state index >= 15 is 0 Å². The van der Waals surface area contributed by atoms with Crippen molar-refractivity contribution in [2.24, 2.45) is 5.92 Å². The van der Waals surface area contributed by atoms with Gasteiger partial charge in [0.1, 0.15) is 0 Å². The highest BCUT2D eigenvalue weighted by atomic mass is 19.2. The molecular formula is C20H28F2N2O2. The SMILES string of the molecule is O=CN(CCC1CCCN(c2cccc(F)c2F)C1)C1CCC(O)CC1. The summed E-state index contributed by atoms with van der Waals surface area (Å²) in [7, 11) is 0. The number of rotatable bonds is 6. The number of halogens is 2. The van der Waals surface area contributed by atoms with Crippen LogP contribution in [-0.2, 0) is 4.79 Å². The van der Waals surface area contributed by atoms with Crippen molar-refractivity contribution in [1.29, 1.82) is 0 Å². The van der Waals surface area contributed by atoms with Crippen LogP contribution in [0.15, 0.2) is 18.2 Å². The van der Waals surface area contributed by atoms with E-state index in [-0.39, 0.29) is 12.1 Å². The molecule has 1 saturated carbocycles. The molecule has 144 valence electrons. The first kappa shape index (κ1) is 19.1. The Bertz CT molecular complexity index is 605. The second-order valence-corrected chi connectivity index (χ2v) is 7.62. The smallest absolute Gasteiger partial charge is 0.209 e. The first-order valence-corrected chi connectivity index (χ1v) is 9.66. The summed E-state index contributed by atoms with van der Waals surface area (Å²) in [5, 5.41) is 9.62. The van der Waals surface area contributed by atoms with Crippen LogP contribution in [0.25, 0.3) is 0 Å². The molecule has 0 radical (unpaired) electrons. The number of amides is 1. The Kier molecular flexibility index (Phi) is 6.46. The van der Waals surface area contributed by atoms with Crippen molar-refractivity contribution in [3.63, 3.8) is 0 Å². The Morgan fingerprint density at radius 2 is 1.96 bits per heavy atom. The Labute approximate surface area is 153 Å². The van der Waals surface area contributed by atoms with E-state index in [9.17, 15) is 18.7 Å². The zero-order valence-corrected chi connectivity index (χ0v) is 15.1. The molecule has 26 heavy (non-hydrogen) atoms. The van der Waals surface area contributed by atoms with Gasteiger partial charge in [-0.25, -0.2) is 8.78 Å². The third-order valence-corrected chi connectivity index (χ3v) is 5.86. The molecule has 0 aromatic heterocycles. The first-order valence-electron chi connectivity index (χ1n) is 9.66. The van der Waals surface area contributed by atoms with Gasteiger partial charge >= 0.3 is 0 Å². The first-order chi connectivity index (χ1) is 12.6. The van der Waals surface area contributed by atoms with Gasteiger partial charge in [0.05, 0.1) is 11.8 Å². The van der Waals surface area contributed by atoms with Gasteiger partial charge in [0.2, 0.25) is 6.41 Å². The van der Waals surface area contributed by atoms with Crippen molar-refractivity contribution in [2.75, 3.05) is 24.5 Å². The maximum atomic E-state index is 14.1. The van der Waals surface area contributed by atoms with Crippen LogP contribution in [-0.4, -0.2) is 48.2 Å². The fourth-order valence-corrected chi connectivity index (χ4v) is 4.30. The monoisotopic (exact) mass is 366 g/mol. The number of aliphatic hydroxyl groups excluding tert-OH is 1. The minimum Gasteiger partial charge on any atom is -0.393 e. The van der Waals surface area contributed by atoms with Gasteiger partial charge in [-0.1, -0.05) is 6.07 Å². The molecule has 4 nitrogen and oxygen atoms in total. The topological polar surface area (TPSA) is 43.8 Å². The van der Waals surface area contributed by atoms with E-state index in [1.54, 1.807) is 12.1 Å². The Hall–Kier alpha value is -1.69. The summed E-state index contributed by atoms with van der Waals surface area (Å²) < 4.78 is 27.6. The second-order valence-electron chi connectivity index (χ2n) is 7.62. The van der Waals surface area contributed by atoms with Crippen molar-refractivity contribution in [3.8, 4) is 0 Å². The zero-order valence-electron chi connectivity index (χ0n) is 15.1. The lowest BCUT2D eigenvalue weighted by Gasteiger charge is -2.37. The highest BCUT2D eigenvalue weighted by Crippen LogP contribution is 2.29. The third kappa shape index (κ3) is 4.53. The van der Waals surface area contributed by atoms with Crippen LogP contribution in [0.3, 0.4) is 0 Å². The Morgan fingerprint density at radius 3 is 2.69 bits per heavy atom. The molecule has 1 saturated heterocycles. The number of benzene rings is 1. The summed E-state index contributed by atoms with van der Waals surface area (Å²) in [4.78, 5) is 15.3. The minimum absolute atomic E-state index is 0.219. The summed E-state index contributed by atoms with van der Waals surface area (Å²) in [5.74, 6) is -1.22. The average Bonchev–Trinajstić information content (AvgIpc) is 2.66. The van der Waals surface area contributed by atoms with E-state index in [2.05, 4.69) is 0 Å². The maximum Gasteiger partial charge on any atom is 0.209 e. The number of carbonyl (C=O) groups is 1. The number of nitrogens with zero attached hydrogens (tertiary/aromatic N) is 2. The van der Waals surface area contributed by atoms with Gasteiger partial charge in [0.25, 0.3) is 0 Å². The van der Waals surface area contributed by atoms with Crippen LogP contribution in [0.5, 0.6) is 0 Å². The number of aliphatic hydroxyl groups is 1. The lowest BCUT2D eigenvalue weighted by molar-refractivity contribution is -0.121. The molecule has 0 bridgehead atoms. The van der Waals surface area contributed by atoms with E-state index in [1.807, 2.05) is 9.80 Å². The van der Waals surface area contributed by atoms with E-state index in [0.29, 0.717) is 24.7 Å². The number of hydrogen-bond donors (Lipinski definition) is 1. The summed E-state index contributed by atoms with van der Waals surface area (Å²) in [6.45, 7) is 2.11. The lowest BCUT2D eigenvalue weighted by Crippen LogP contribution is -2.41. The largest absolute Gasteiger partial charge is 0.393 e. The van der Waals surface area contributed by atoms with E-state index in [1.165, 1.54) is 0 Å². The van der Waals surface area contributed by atoms with Crippen molar-refractivity contribution in [1.82, 2.24) is 4.90 Å². The molecular weight excluding hydrogens is 338 g/mol. The Balaban J connectivity index is 1.54. The maximum absolute atomic E-state index is 14.1. The van der Waals surface area contributed by atoms with Crippen molar-refractivity contribution >= 4 is 12.1 Å². The van der Waals surface area contributed by atoms with Crippen molar-refractivity contribution in [2.45, 2.75) is 57.1 Å². The van der Waals surface area contributed by atoms with Crippen LogP contribution < -0.4 is 4.90 Å². The van der Waals surface area contributed by atoms with E-state index in [0.717, 1.165) is 64.0 Å². The van der Waals surface area contributed by atoms with Gasteiger partial charge in [0, 0.05) is 25.7 Å². The van der Waals surface area contributed by atoms with Crippen LogP contribution in [0, 0.1) is 17.6 Å².